The first-order valence-electron chi connectivity index (χ1n) is 4.87. The summed E-state index contributed by atoms with van der Waals surface area (Å²) in [5, 5.41) is 12.6. The van der Waals surface area contributed by atoms with Crippen LogP contribution in [0.2, 0.25) is 0 Å². The maximum Gasteiger partial charge on any atom is 0.271 e. The lowest BCUT2D eigenvalue weighted by Crippen LogP contribution is -2.95. The second kappa shape index (κ2) is 3.74. The highest BCUT2D eigenvalue weighted by atomic mass is 16.6. The Morgan fingerprint density at radius 1 is 1.60 bits per heavy atom. The topological polar surface area (TPSA) is 75.0 Å². The summed E-state index contributed by atoms with van der Waals surface area (Å²) in [7, 11) is 0. The quantitative estimate of drug-likeness (QED) is 0.435. The Morgan fingerprint density at radius 2 is 2.40 bits per heavy atom. The Labute approximate surface area is 87.0 Å². The van der Waals surface area contributed by atoms with Gasteiger partial charge >= 0.3 is 0 Å². The number of benzene rings is 1. The Bertz CT molecular complexity index is 392. The molecule has 6 heteroatoms. The van der Waals surface area contributed by atoms with E-state index in [9.17, 15) is 10.1 Å². The number of anilines is 2. The molecular formula is C9H13N4O2+. The third kappa shape index (κ3) is 1.71. The van der Waals surface area contributed by atoms with E-state index in [1.165, 1.54) is 6.07 Å². The molecule has 0 atom stereocenters. The number of fused-ring (bicyclic) bond motifs is 1. The van der Waals surface area contributed by atoms with Crippen LogP contribution in [0, 0.1) is 10.1 Å². The molecule has 0 amide bonds. The smallest absolute Gasteiger partial charge is 0.258 e. The number of nitrogens with one attached hydrogen (secondary N) is 1. The molecule has 1 heterocycles. The summed E-state index contributed by atoms with van der Waals surface area (Å²) in [4.78, 5) is 10.2. The molecule has 1 aromatic rings. The van der Waals surface area contributed by atoms with Crippen LogP contribution in [0.15, 0.2) is 18.2 Å². The van der Waals surface area contributed by atoms with Gasteiger partial charge in [-0.25, -0.2) is 10.4 Å². The van der Waals surface area contributed by atoms with Crippen LogP contribution in [-0.2, 0) is 0 Å². The van der Waals surface area contributed by atoms with Crippen LogP contribution in [0.3, 0.4) is 0 Å². The van der Waals surface area contributed by atoms with E-state index in [1.807, 2.05) is 10.5 Å². The summed E-state index contributed by atoms with van der Waals surface area (Å²) in [5.41, 5.74) is 6.86. The second-order valence-corrected chi connectivity index (χ2v) is 3.43. The second-order valence-electron chi connectivity index (χ2n) is 3.43. The fourth-order valence-electron chi connectivity index (χ4n) is 1.64. The normalized spacial score (nSPS) is 13.5. The molecule has 0 fully saturated rings. The van der Waals surface area contributed by atoms with Crippen molar-refractivity contribution in [1.29, 1.82) is 0 Å². The zero-order valence-corrected chi connectivity index (χ0v) is 8.43. The molecule has 0 saturated carbocycles. The number of nitro groups is 1. The highest BCUT2D eigenvalue weighted by molar-refractivity contribution is 5.72. The average Bonchev–Trinajstić information content (AvgIpc) is 2.61. The van der Waals surface area contributed by atoms with Gasteiger partial charge in [-0.3, -0.25) is 10.1 Å². The minimum Gasteiger partial charge on any atom is -0.258 e. The first-order chi connectivity index (χ1) is 7.22. The van der Waals surface area contributed by atoms with Crippen LogP contribution < -0.4 is 16.0 Å². The molecule has 1 aliphatic rings. The summed E-state index contributed by atoms with van der Waals surface area (Å²) in [6, 6.07) is 4.84. The van der Waals surface area contributed by atoms with E-state index in [0.29, 0.717) is 0 Å². The molecule has 0 bridgehead atoms. The molecule has 2 rings (SSSR count). The maximum absolute atomic E-state index is 10.6. The van der Waals surface area contributed by atoms with Crippen molar-refractivity contribution >= 4 is 17.1 Å². The SMILES string of the molecule is CCCN1[NH2+]Nc2ccc([N+](=O)[O-])cc21. The van der Waals surface area contributed by atoms with Gasteiger partial charge in [0.2, 0.25) is 0 Å². The van der Waals surface area contributed by atoms with Gasteiger partial charge in [0, 0.05) is 12.1 Å². The van der Waals surface area contributed by atoms with Crippen molar-refractivity contribution in [1.82, 2.24) is 0 Å². The van der Waals surface area contributed by atoms with Gasteiger partial charge in [0.05, 0.1) is 11.5 Å². The highest BCUT2D eigenvalue weighted by Gasteiger charge is 2.24. The Balaban J connectivity index is 2.33. The van der Waals surface area contributed by atoms with Gasteiger partial charge in [0.1, 0.15) is 11.4 Å². The van der Waals surface area contributed by atoms with Crippen LogP contribution in [0.25, 0.3) is 0 Å². The van der Waals surface area contributed by atoms with E-state index >= 15 is 0 Å². The molecule has 1 aliphatic heterocycles. The largest absolute Gasteiger partial charge is 0.271 e. The van der Waals surface area contributed by atoms with Crippen molar-refractivity contribution in [3.05, 3.63) is 28.3 Å². The van der Waals surface area contributed by atoms with Gasteiger partial charge < -0.3 is 0 Å². The minimum absolute atomic E-state index is 0.131. The lowest BCUT2D eigenvalue weighted by atomic mass is 10.2. The third-order valence-corrected chi connectivity index (χ3v) is 2.34. The first kappa shape index (κ1) is 9.72. The molecule has 0 aliphatic carbocycles. The van der Waals surface area contributed by atoms with Crippen molar-refractivity contribution in [2.45, 2.75) is 13.3 Å². The van der Waals surface area contributed by atoms with E-state index < -0.39 is 0 Å². The molecule has 3 N–H and O–H groups in total. The molecule has 80 valence electrons. The molecule has 6 nitrogen and oxygen atoms in total. The number of hydrogen-bond donors (Lipinski definition) is 2. The predicted octanol–water partition coefficient (Wildman–Crippen LogP) is 0.630. The predicted molar refractivity (Wildman–Crippen MR) is 56.3 cm³/mol. The summed E-state index contributed by atoms with van der Waals surface area (Å²) >= 11 is 0. The van der Waals surface area contributed by atoms with E-state index in [-0.39, 0.29) is 10.6 Å². The fourth-order valence-corrected chi connectivity index (χ4v) is 1.64. The number of quaternary nitrogens is 1. The molecule has 1 aromatic carbocycles. The van der Waals surface area contributed by atoms with Crippen molar-refractivity contribution in [2.24, 2.45) is 0 Å². The molecular weight excluding hydrogens is 196 g/mol. The molecule has 0 saturated heterocycles. The molecule has 0 unspecified atom stereocenters. The highest BCUT2D eigenvalue weighted by Crippen LogP contribution is 2.29. The molecule has 0 spiro atoms. The van der Waals surface area contributed by atoms with E-state index in [0.717, 1.165) is 24.3 Å². The van der Waals surface area contributed by atoms with Crippen LogP contribution in [0.4, 0.5) is 17.1 Å². The maximum atomic E-state index is 10.6. The van der Waals surface area contributed by atoms with Crippen molar-refractivity contribution in [2.75, 3.05) is 17.0 Å². The van der Waals surface area contributed by atoms with E-state index in [1.54, 1.807) is 12.1 Å². The first-order valence-corrected chi connectivity index (χ1v) is 4.87. The van der Waals surface area contributed by atoms with Gasteiger partial charge in [-0.15, -0.1) is 5.53 Å². The van der Waals surface area contributed by atoms with Crippen molar-refractivity contribution in [3.8, 4) is 0 Å². The van der Waals surface area contributed by atoms with Crippen LogP contribution in [0.5, 0.6) is 0 Å². The third-order valence-electron chi connectivity index (χ3n) is 2.34. The van der Waals surface area contributed by atoms with Gasteiger partial charge in [0.25, 0.3) is 5.69 Å². The minimum atomic E-state index is -0.372. The number of nitrogens with two attached hydrogens (primary N) is 1. The summed E-state index contributed by atoms with van der Waals surface area (Å²) < 4.78 is 0. The number of nitro benzene ring substituents is 1. The number of nitrogen functional groups attached to an aromatic ring is 1. The van der Waals surface area contributed by atoms with Crippen molar-refractivity contribution < 1.29 is 10.5 Å². The van der Waals surface area contributed by atoms with Gasteiger partial charge in [-0.1, -0.05) is 6.92 Å². The lowest BCUT2D eigenvalue weighted by Gasteiger charge is -2.11. The number of non-ortho nitro benzene ring substituents is 1. The van der Waals surface area contributed by atoms with Crippen molar-refractivity contribution in [3.63, 3.8) is 0 Å². The van der Waals surface area contributed by atoms with E-state index in [2.05, 4.69) is 12.3 Å². The number of rotatable bonds is 3. The van der Waals surface area contributed by atoms with Gasteiger partial charge in [0.15, 0.2) is 0 Å². The number of nitrogens with zero attached hydrogens (tertiary/aromatic N) is 2. The Hall–Kier alpha value is -1.82. The van der Waals surface area contributed by atoms with E-state index in [4.69, 9.17) is 0 Å². The standard InChI is InChI=1S/C9H12N4O2/c1-2-5-12-9-6-7(13(14)15)3-4-8(9)10-11-12/h3-4,6,10-11H,2,5H2,1H3/p+1. The number of hydrogen-bond acceptors (Lipinski definition) is 4. The summed E-state index contributed by atoms with van der Waals surface area (Å²) in [6.07, 6.45) is 1.00. The Morgan fingerprint density at radius 3 is 3.07 bits per heavy atom. The zero-order chi connectivity index (χ0) is 10.8. The zero-order valence-electron chi connectivity index (χ0n) is 8.43. The lowest BCUT2D eigenvalue weighted by molar-refractivity contribution is -0.631. The average molecular weight is 209 g/mol. The van der Waals surface area contributed by atoms with Crippen LogP contribution in [0.1, 0.15) is 13.3 Å². The fraction of sp³-hybridized carbons (Fsp3) is 0.333. The summed E-state index contributed by atoms with van der Waals surface area (Å²) in [6.45, 7) is 2.93. The monoisotopic (exact) mass is 209 g/mol. The molecule has 15 heavy (non-hydrogen) atoms. The van der Waals surface area contributed by atoms with Gasteiger partial charge in [-0.05, 0) is 12.5 Å². The summed E-state index contributed by atoms with van der Waals surface area (Å²) in [5.74, 6) is 0. The Kier molecular flexibility index (Phi) is 2.42. The van der Waals surface area contributed by atoms with Crippen LogP contribution >= 0.6 is 0 Å². The molecule has 0 radical (unpaired) electrons. The van der Waals surface area contributed by atoms with Crippen LogP contribution in [-0.4, -0.2) is 11.5 Å². The molecule has 0 aromatic heterocycles. The van der Waals surface area contributed by atoms with Gasteiger partial charge in [-0.2, -0.15) is 0 Å².